The second-order valence-electron chi connectivity index (χ2n) is 7.80. The van der Waals surface area contributed by atoms with Crippen molar-refractivity contribution in [1.82, 2.24) is 24.8 Å². The number of ether oxygens (including phenoxy) is 2. The number of hydrogen-bond acceptors (Lipinski definition) is 8. The number of aromatic nitrogens is 4. The highest BCUT2D eigenvalue weighted by Crippen LogP contribution is 2.45. The molecule has 0 aromatic carbocycles. The second-order valence-corrected chi connectivity index (χ2v) is 8.65. The number of pyridine rings is 2. The van der Waals surface area contributed by atoms with E-state index >= 15 is 0 Å². The van der Waals surface area contributed by atoms with Crippen LogP contribution in [0, 0.1) is 5.92 Å². The zero-order chi connectivity index (χ0) is 22.7. The SMILES string of the molecule is CN(C)CC1CC1.COc1nc2ncsc2c(OC)c1-c1c[nH]c2nc(NC=O)ccc12. The summed E-state index contributed by atoms with van der Waals surface area (Å²) >= 11 is 1.45. The third-order valence-corrected chi connectivity index (χ3v) is 5.95. The molecule has 2 N–H and O–H groups in total. The van der Waals surface area contributed by atoms with Crippen LogP contribution in [0.15, 0.2) is 23.8 Å². The fraction of sp³-hybridized carbons (Fsp3) is 0.364. The Kier molecular flexibility index (Phi) is 6.52. The van der Waals surface area contributed by atoms with Crippen LogP contribution >= 0.6 is 11.3 Å². The van der Waals surface area contributed by atoms with E-state index in [1.165, 1.54) is 30.7 Å². The fourth-order valence-electron chi connectivity index (χ4n) is 3.59. The van der Waals surface area contributed by atoms with Crippen molar-refractivity contribution in [1.29, 1.82) is 0 Å². The van der Waals surface area contributed by atoms with Gasteiger partial charge in [-0.05, 0) is 45.0 Å². The molecular formula is C22H26N6O3S. The van der Waals surface area contributed by atoms with Crippen molar-refractivity contribution in [2.45, 2.75) is 12.8 Å². The Hall–Kier alpha value is -3.24. The number of nitrogens with zero attached hydrogens (tertiary/aromatic N) is 4. The molecule has 0 aliphatic heterocycles. The maximum Gasteiger partial charge on any atom is 0.227 e. The standard InChI is InChI=1S/C16H13N5O3S.C6H13N/c1-23-12-11(16(24-2)21-15-13(12)25-7-19-15)9-5-17-14-8(9)3-4-10(20-14)18-6-22;1-7(2)5-6-3-4-6/h3-7H,1-2H3,(H2,17,18,20,22);6H,3-5H2,1-2H3. The highest BCUT2D eigenvalue weighted by Gasteiger charge is 2.23. The molecule has 9 nitrogen and oxygen atoms in total. The van der Waals surface area contributed by atoms with Gasteiger partial charge in [-0.15, -0.1) is 11.3 Å². The molecule has 1 aliphatic carbocycles. The number of hydrogen-bond donors (Lipinski definition) is 2. The average molecular weight is 455 g/mol. The predicted octanol–water partition coefficient (Wildman–Crippen LogP) is 3.78. The van der Waals surface area contributed by atoms with Gasteiger partial charge in [0, 0.05) is 23.7 Å². The Morgan fingerprint density at radius 1 is 1.25 bits per heavy atom. The van der Waals surface area contributed by atoms with Gasteiger partial charge in [0.25, 0.3) is 0 Å². The van der Waals surface area contributed by atoms with Gasteiger partial charge in [0.1, 0.15) is 16.2 Å². The largest absolute Gasteiger partial charge is 0.494 e. The van der Waals surface area contributed by atoms with E-state index in [0.717, 1.165) is 27.1 Å². The molecule has 1 aliphatic rings. The molecule has 0 spiro atoms. The highest BCUT2D eigenvalue weighted by molar-refractivity contribution is 7.17. The summed E-state index contributed by atoms with van der Waals surface area (Å²) in [6.07, 6.45) is 5.35. The first-order chi connectivity index (χ1) is 15.5. The molecule has 0 bridgehead atoms. The van der Waals surface area contributed by atoms with Crippen molar-refractivity contribution in [2.24, 2.45) is 5.92 Å². The lowest BCUT2D eigenvalue weighted by molar-refractivity contribution is -0.105. The Morgan fingerprint density at radius 3 is 2.69 bits per heavy atom. The zero-order valence-corrected chi connectivity index (χ0v) is 19.3. The van der Waals surface area contributed by atoms with Crippen molar-refractivity contribution in [3.63, 3.8) is 0 Å². The molecule has 168 valence electrons. The molecule has 1 fully saturated rings. The van der Waals surface area contributed by atoms with E-state index in [1.54, 1.807) is 25.8 Å². The lowest BCUT2D eigenvalue weighted by Crippen LogP contribution is -2.14. The van der Waals surface area contributed by atoms with Gasteiger partial charge >= 0.3 is 0 Å². The summed E-state index contributed by atoms with van der Waals surface area (Å²) in [6, 6.07) is 3.60. The van der Waals surface area contributed by atoms with Crippen LogP contribution in [0.1, 0.15) is 12.8 Å². The summed E-state index contributed by atoms with van der Waals surface area (Å²) in [7, 11) is 7.44. The molecule has 0 atom stereocenters. The molecule has 4 aromatic heterocycles. The molecule has 1 saturated carbocycles. The summed E-state index contributed by atoms with van der Waals surface area (Å²) in [6.45, 7) is 1.31. The van der Waals surface area contributed by atoms with Gasteiger partial charge in [-0.1, -0.05) is 0 Å². The van der Waals surface area contributed by atoms with E-state index in [-0.39, 0.29) is 0 Å². The van der Waals surface area contributed by atoms with E-state index in [0.29, 0.717) is 35.2 Å². The van der Waals surface area contributed by atoms with Crippen LogP contribution in [-0.2, 0) is 4.79 Å². The third kappa shape index (κ3) is 4.51. The number of carbonyl (C=O) groups is 1. The average Bonchev–Trinajstić information content (AvgIpc) is 3.30. The Balaban J connectivity index is 0.000000300. The van der Waals surface area contributed by atoms with Crippen LogP contribution in [0.25, 0.3) is 32.5 Å². The number of anilines is 1. The zero-order valence-electron chi connectivity index (χ0n) is 18.5. The van der Waals surface area contributed by atoms with E-state index in [4.69, 9.17) is 9.47 Å². The van der Waals surface area contributed by atoms with E-state index in [1.807, 2.05) is 12.3 Å². The summed E-state index contributed by atoms with van der Waals surface area (Å²) in [5.74, 6) is 2.59. The minimum Gasteiger partial charge on any atom is -0.494 e. The number of methoxy groups -OCH3 is 2. The number of carbonyl (C=O) groups excluding carboxylic acids is 1. The lowest BCUT2D eigenvalue weighted by atomic mass is 10.1. The molecule has 4 aromatic rings. The number of amides is 1. The van der Waals surface area contributed by atoms with Crippen molar-refractivity contribution in [3.8, 4) is 22.8 Å². The number of thiazole rings is 1. The van der Waals surface area contributed by atoms with Gasteiger partial charge in [0.15, 0.2) is 11.4 Å². The first-order valence-corrected chi connectivity index (χ1v) is 11.1. The van der Waals surface area contributed by atoms with Crippen molar-refractivity contribution >= 4 is 44.9 Å². The first-order valence-electron chi connectivity index (χ1n) is 10.2. The van der Waals surface area contributed by atoms with Crippen LogP contribution in [0.4, 0.5) is 5.82 Å². The normalized spacial score (nSPS) is 13.2. The molecule has 0 radical (unpaired) electrons. The summed E-state index contributed by atoms with van der Waals surface area (Å²) < 4.78 is 12.0. The first kappa shape index (κ1) is 22.0. The van der Waals surface area contributed by atoms with Crippen LogP contribution < -0.4 is 14.8 Å². The quantitative estimate of drug-likeness (QED) is 0.410. The molecule has 5 rings (SSSR count). The molecule has 0 unspecified atom stereocenters. The molecule has 32 heavy (non-hydrogen) atoms. The van der Waals surface area contributed by atoms with Crippen LogP contribution in [0.2, 0.25) is 0 Å². The maximum atomic E-state index is 10.6. The van der Waals surface area contributed by atoms with Crippen molar-refractivity contribution < 1.29 is 14.3 Å². The molecule has 0 saturated heterocycles. The summed E-state index contributed by atoms with van der Waals surface area (Å²) in [4.78, 5) is 29.0. The van der Waals surface area contributed by atoms with Gasteiger partial charge in [-0.3, -0.25) is 4.79 Å². The summed E-state index contributed by atoms with van der Waals surface area (Å²) in [5, 5.41) is 3.39. The molecule has 10 heteroatoms. The molecular weight excluding hydrogens is 428 g/mol. The Bertz CT molecular complexity index is 1230. The van der Waals surface area contributed by atoms with Crippen LogP contribution in [0.3, 0.4) is 0 Å². The highest BCUT2D eigenvalue weighted by atomic mass is 32.1. The number of H-pyrrole nitrogens is 1. The number of aromatic amines is 1. The van der Waals surface area contributed by atoms with Crippen molar-refractivity contribution in [3.05, 3.63) is 23.8 Å². The minimum absolute atomic E-state index is 0.422. The topological polar surface area (TPSA) is 105 Å². The summed E-state index contributed by atoms with van der Waals surface area (Å²) in [5.41, 5.74) is 4.51. The Morgan fingerprint density at radius 2 is 2.06 bits per heavy atom. The minimum atomic E-state index is 0.422. The van der Waals surface area contributed by atoms with Gasteiger partial charge in [0.05, 0.1) is 25.3 Å². The second kappa shape index (κ2) is 9.49. The smallest absolute Gasteiger partial charge is 0.227 e. The van der Waals surface area contributed by atoms with Gasteiger partial charge < -0.3 is 24.7 Å². The third-order valence-electron chi connectivity index (χ3n) is 5.14. The van der Waals surface area contributed by atoms with E-state index in [9.17, 15) is 4.79 Å². The number of fused-ring (bicyclic) bond motifs is 2. The van der Waals surface area contributed by atoms with Gasteiger partial charge in [-0.25, -0.2) is 9.97 Å². The number of nitrogens with one attached hydrogen (secondary N) is 2. The van der Waals surface area contributed by atoms with Crippen LogP contribution in [0.5, 0.6) is 11.6 Å². The molecule has 4 heterocycles. The van der Waals surface area contributed by atoms with Gasteiger partial charge in [0.2, 0.25) is 12.3 Å². The predicted molar refractivity (Wildman–Crippen MR) is 127 cm³/mol. The van der Waals surface area contributed by atoms with Gasteiger partial charge in [-0.2, -0.15) is 4.98 Å². The van der Waals surface area contributed by atoms with Crippen molar-refractivity contribution in [2.75, 3.05) is 40.2 Å². The number of rotatable bonds is 7. The van der Waals surface area contributed by atoms with E-state index in [2.05, 4.69) is 44.2 Å². The lowest BCUT2D eigenvalue weighted by Gasteiger charge is -2.12. The van der Waals surface area contributed by atoms with Crippen LogP contribution in [-0.4, -0.2) is 66.1 Å². The molecule has 1 amide bonds. The maximum absolute atomic E-state index is 10.6. The monoisotopic (exact) mass is 454 g/mol. The fourth-order valence-corrected chi connectivity index (χ4v) is 4.34. The Labute approximate surface area is 189 Å². The van der Waals surface area contributed by atoms with E-state index < -0.39 is 0 Å².